The average molecular weight is 459 g/mol. The summed E-state index contributed by atoms with van der Waals surface area (Å²) in [5, 5.41) is 4.39. The number of hydrogen-bond acceptors (Lipinski definition) is 7. The number of nitrogens with one attached hydrogen (secondary N) is 1. The Balaban J connectivity index is 1.84. The number of anilines is 1. The number of thiazole rings is 1. The van der Waals surface area contributed by atoms with E-state index < -0.39 is 22.6 Å². The summed E-state index contributed by atoms with van der Waals surface area (Å²) in [6.07, 6.45) is -1.01. The van der Waals surface area contributed by atoms with E-state index in [2.05, 4.69) is 10.3 Å². The number of cyclic esters (lactones) is 1. The van der Waals surface area contributed by atoms with Crippen LogP contribution in [0.15, 0.2) is 5.38 Å². The van der Waals surface area contributed by atoms with Crippen molar-refractivity contribution in [1.82, 2.24) is 9.88 Å². The molecule has 1 saturated heterocycles. The molecule has 0 spiro atoms. The second-order valence-electron chi connectivity index (χ2n) is 6.11. The van der Waals surface area contributed by atoms with Gasteiger partial charge in [-0.1, -0.05) is 48.7 Å². The van der Waals surface area contributed by atoms with Gasteiger partial charge in [0.05, 0.1) is 11.7 Å². The number of rotatable bonds is 6. The first kappa shape index (κ1) is 22.0. The second-order valence-corrected chi connectivity index (χ2v) is 9.49. The summed E-state index contributed by atoms with van der Waals surface area (Å²) in [6.45, 7) is 3.66. The van der Waals surface area contributed by atoms with Crippen LogP contribution in [-0.2, 0) is 20.7 Å². The minimum Gasteiger partial charge on any atom is -0.447 e. The third kappa shape index (κ3) is 6.67. The Morgan fingerprint density at radius 1 is 1.48 bits per heavy atom. The molecule has 0 aliphatic carbocycles. The number of nitrogens with zero attached hydrogens (tertiary/aromatic N) is 2. The lowest BCUT2D eigenvalue weighted by Crippen LogP contribution is -2.41. The molecule has 3 amide bonds. The molecule has 12 heteroatoms. The molecule has 1 aromatic heterocycles. The molecule has 2 rings (SSSR count). The monoisotopic (exact) mass is 457 g/mol. The molecule has 0 bridgehead atoms. The molecule has 1 aliphatic heterocycles. The van der Waals surface area contributed by atoms with E-state index >= 15 is 0 Å². The van der Waals surface area contributed by atoms with Gasteiger partial charge in [0.25, 0.3) is 0 Å². The van der Waals surface area contributed by atoms with Crippen LogP contribution in [0.5, 0.6) is 0 Å². The molecule has 150 valence electrons. The van der Waals surface area contributed by atoms with Crippen LogP contribution in [0, 0.1) is 5.92 Å². The van der Waals surface area contributed by atoms with E-state index in [0.29, 0.717) is 12.1 Å². The number of hydrogen-bond donors (Lipinski definition) is 1. The Hall–Kier alpha value is -1.29. The van der Waals surface area contributed by atoms with Crippen LogP contribution in [0.4, 0.5) is 14.7 Å². The van der Waals surface area contributed by atoms with Gasteiger partial charge < -0.3 is 9.47 Å². The number of aryl methyl sites for hydroxylation is 1. The predicted octanol–water partition coefficient (Wildman–Crippen LogP) is 4.00. The van der Waals surface area contributed by atoms with Gasteiger partial charge in [0.2, 0.25) is 9.70 Å². The number of amides is 3. The normalized spacial score (nSPS) is 17.2. The van der Waals surface area contributed by atoms with E-state index in [4.69, 9.17) is 44.3 Å². The Labute approximate surface area is 175 Å². The molecule has 1 unspecified atom stereocenters. The van der Waals surface area contributed by atoms with Gasteiger partial charge in [-0.25, -0.2) is 19.5 Å². The first-order valence-electron chi connectivity index (χ1n) is 8.00. The zero-order valence-electron chi connectivity index (χ0n) is 14.5. The van der Waals surface area contributed by atoms with Crippen molar-refractivity contribution in [1.29, 1.82) is 0 Å². The van der Waals surface area contributed by atoms with Crippen molar-refractivity contribution in [2.45, 2.75) is 36.5 Å². The fourth-order valence-electron chi connectivity index (χ4n) is 2.32. The molecular weight excluding hydrogens is 441 g/mol. The zero-order valence-corrected chi connectivity index (χ0v) is 17.6. The quantitative estimate of drug-likeness (QED) is 0.647. The Morgan fingerprint density at radius 3 is 2.81 bits per heavy atom. The first-order valence-corrected chi connectivity index (χ1v) is 10.0. The van der Waals surface area contributed by atoms with E-state index in [9.17, 15) is 14.4 Å². The number of ether oxygens (including phenoxy) is 2. The van der Waals surface area contributed by atoms with E-state index in [1.165, 1.54) is 4.90 Å². The van der Waals surface area contributed by atoms with Crippen molar-refractivity contribution < 1.29 is 23.9 Å². The van der Waals surface area contributed by atoms with Crippen molar-refractivity contribution in [2.24, 2.45) is 5.92 Å². The van der Waals surface area contributed by atoms with Gasteiger partial charge in [-0.05, 0) is 12.3 Å². The summed E-state index contributed by atoms with van der Waals surface area (Å²) in [5.41, 5.74) is 0.596. The van der Waals surface area contributed by atoms with Gasteiger partial charge in [0.1, 0.15) is 13.2 Å². The standard InChI is InChI=1S/C15H18Cl3N3O5S/c1-8(2)10-5-25-14(24)21(10)11(22)4-3-9-6-27-12(19-9)20-13(23)26-7-15(16,17)18/h6,8,10H,3-5,7H2,1-2H3,(H,19,20,23). The lowest BCUT2D eigenvalue weighted by atomic mass is 10.0. The number of halogens is 3. The van der Waals surface area contributed by atoms with E-state index in [-0.39, 0.29) is 36.0 Å². The molecule has 0 saturated carbocycles. The molecular formula is C15H18Cl3N3O5S. The maximum atomic E-state index is 12.4. The number of imide groups is 1. The van der Waals surface area contributed by atoms with Crippen LogP contribution in [0.1, 0.15) is 26.0 Å². The largest absolute Gasteiger partial charge is 0.447 e. The number of alkyl halides is 3. The SMILES string of the molecule is CC(C)C1COC(=O)N1C(=O)CCc1csc(NC(=O)OCC(Cl)(Cl)Cl)n1. The Bertz CT molecular complexity index is 707. The molecule has 1 aliphatic rings. The van der Waals surface area contributed by atoms with Crippen LogP contribution < -0.4 is 5.32 Å². The molecule has 27 heavy (non-hydrogen) atoms. The zero-order chi connectivity index (χ0) is 20.2. The van der Waals surface area contributed by atoms with Crippen LogP contribution in [0.3, 0.4) is 0 Å². The van der Waals surface area contributed by atoms with Gasteiger partial charge in [-0.15, -0.1) is 11.3 Å². The van der Waals surface area contributed by atoms with Gasteiger partial charge >= 0.3 is 12.2 Å². The van der Waals surface area contributed by atoms with Crippen LogP contribution in [0.25, 0.3) is 0 Å². The molecule has 0 aromatic carbocycles. The van der Waals surface area contributed by atoms with Crippen molar-refractivity contribution in [2.75, 3.05) is 18.5 Å². The van der Waals surface area contributed by atoms with Crippen LogP contribution in [0.2, 0.25) is 0 Å². The van der Waals surface area contributed by atoms with Gasteiger partial charge in [0.15, 0.2) is 5.13 Å². The summed E-state index contributed by atoms with van der Waals surface area (Å²) in [4.78, 5) is 41.1. The molecule has 1 N–H and O–H groups in total. The van der Waals surface area contributed by atoms with E-state index in [1.54, 1.807) is 5.38 Å². The summed E-state index contributed by atoms with van der Waals surface area (Å²) in [6, 6.07) is -0.259. The van der Waals surface area contributed by atoms with Gasteiger partial charge in [-0.3, -0.25) is 10.1 Å². The number of carbonyl (C=O) groups is 3. The number of carbonyl (C=O) groups excluding carboxylic acids is 3. The maximum Gasteiger partial charge on any atom is 0.416 e. The average Bonchev–Trinajstić information content (AvgIpc) is 3.16. The lowest BCUT2D eigenvalue weighted by molar-refractivity contribution is -0.129. The third-order valence-electron chi connectivity index (χ3n) is 3.67. The summed E-state index contributed by atoms with van der Waals surface area (Å²) < 4.78 is 8.01. The summed E-state index contributed by atoms with van der Waals surface area (Å²) in [7, 11) is 0. The molecule has 8 nitrogen and oxygen atoms in total. The minimum atomic E-state index is -1.70. The van der Waals surface area contributed by atoms with Crippen molar-refractivity contribution in [3.63, 3.8) is 0 Å². The predicted molar refractivity (Wildman–Crippen MR) is 103 cm³/mol. The van der Waals surface area contributed by atoms with Gasteiger partial charge in [0, 0.05) is 11.8 Å². The summed E-state index contributed by atoms with van der Waals surface area (Å²) >= 11 is 17.6. The minimum absolute atomic E-state index is 0.0964. The highest BCUT2D eigenvalue weighted by Gasteiger charge is 2.39. The first-order chi connectivity index (χ1) is 12.6. The molecule has 2 heterocycles. The highest BCUT2D eigenvalue weighted by molar-refractivity contribution is 7.13. The maximum absolute atomic E-state index is 12.4. The summed E-state index contributed by atoms with van der Waals surface area (Å²) in [5.74, 6) is -0.213. The highest BCUT2D eigenvalue weighted by atomic mass is 35.6. The highest BCUT2D eigenvalue weighted by Crippen LogP contribution is 2.26. The van der Waals surface area contributed by atoms with Gasteiger partial charge in [-0.2, -0.15) is 0 Å². The molecule has 1 atom stereocenters. The lowest BCUT2D eigenvalue weighted by Gasteiger charge is -2.22. The van der Waals surface area contributed by atoms with Crippen LogP contribution >= 0.6 is 46.1 Å². The molecule has 0 radical (unpaired) electrons. The van der Waals surface area contributed by atoms with E-state index in [1.807, 2.05) is 13.8 Å². The van der Waals surface area contributed by atoms with Crippen molar-refractivity contribution in [3.05, 3.63) is 11.1 Å². The third-order valence-corrected chi connectivity index (χ3v) is 4.80. The smallest absolute Gasteiger partial charge is 0.416 e. The van der Waals surface area contributed by atoms with Crippen LogP contribution in [-0.4, -0.2) is 51.0 Å². The fraction of sp³-hybridized carbons (Fsp3) is 0.600. The van der Waals surface area contributed by atoms with E-state index in [0.717, 1.165) is 11.3 Å². The Morgan fingerprint density at radius 2 is 2.19 bits per heavy atom. The number of aromatic nitrogens is 1. The fourth-order valence-corrected chi connectivity index (χ4v) is 3.21. The topological polar surface area (TPSA) is 97.8 Å². The molecule has 1 aromatic rings. The Kier molecular flexibility index (Phi) is 7.55. The van der Waals surface area contributed by atoms with Crippen molar-refractivity contribution >= 4 is 69.4 Å². The van der Waals surface area contributed by atoms with Crippen molar-refractivity contribution in [3.8, 4) is 0 Å². The molecule has 1 fully saturated rings. The second kappa shape index (κ2) is 9.27.